The number of carbonyl (C=O) groups is 1. The lowest BCUT2D eigenvalue weighted by molar-refractivity contribution is 0.0674. The van der Waals surface area contributed by atoms with Crippen molar-refractivity contribution in [3.63, 3.8) is 0 Å². The third-order valence-corrected chi connectivity index (χ3v) is 3.12. The van der Waals surface area contributed by atoms with Crippen LogP contribution in [0.3, 0.4) is 0 Å². The van der Waals surface area contributed by atoms with Crippen LogP contribution >= 0.6 is 0 Å². The molecular weight excluding hydrogens is 275 g/mol. The highest BCUT2D eigenvalue weighted by Gasteiger charge is 2.20. The van der Waals surface area contributed by atoms with E-state index in [2.05, 4.69) is 5.32 Å². The van der Waals surface area contributed by atoms with Crippen LogP contribution in [0.5, 0.6) is 0 Å². The minimum Gasteiger partial charge on any atom is -0.385 e. The van der Waals surface area contributed by atoms with E-state index in [-0.39, 0.29) is 11.6 Å². The number of hydrogen-bond donors (Lipinski definition) is 1. The third-order valence-electron chi connectivity index (χ3n) is 3.12. The molecule has 0 bridgehead atoms. The van der Waals surface area contributed by atoms with Gasteiger partial charge < -0.3 is 19.7 Å². The maximum Gasteiger partial charge on any atom is 0.256 e. The van der Waals surface area contributed by atoms with Gasteiger partial charge in [0.25, 0.3) is 5.91 Å². The van der Waals surface area contributed by atoms with Crippen LogP contribution in [0.2, 0.25) is 0 Å². The Balaban J connectivity index is 2.90. The lowest BCUT2D eigenvalue weighted by atomic mass is 10.1. The predicted molar refractivity (Wildman–Crippen MR) is 80.2 cm³/mol. The Bertz CT molecular complexity index is 455. The molecule has 0 heterocycles. The molecule has 0 aliphatic heterocycles. The Morgan fingerprint density at radius 2 is 1.95 bits per heavy atom. The number of hydrogen-bond acceptors (Lipinski definition) is 4. The van der Waals surface area contributed by atoms with Crippen molar-refractivity contribution >= 4 is 11.6 Å². The van der Waals surface area contributed by atoms with Crippen LogP contribution in [0, 0.1) is 5.82 Å². The lowest BCUT2D eigenvalue weighted by Crippen LogP contribution is -2.35. The molecule has 21 heavy (non-hydrogen) atoms. The molecule has 0 aromatic heterocycles. The van der Waals surface area contributed by atoms with Crippen molar-refractivity contribution in [3.8, 4) is 0 Å². The minimum absolute atomic E-state index is 0.216. The number of rotatable bonds is 9. The number of halogens is 1. The third kappa shape index (κ3) is 4.99. The van der Waals surface area contributed by atoms with Crippen LogP contribution in [-0.2, 0) is 9.47 Å². The van der Waals surface area contributed by atoms with Gasteiger partial charge in [-0.25, -0.2) is 4.39 Å². The molecule has 1 aromatic rings. The summed E-state index contributed by atoms with van der Waals surface area (Å²) in [7, 11) is 4.80. The van der Waals surface area contributed by atoms with Gasteiger partial charge in [0.05, 0.1) is 17.9 Å². The fourth-order valence-corrected chi connectivity index (χ4v) is 2.04. The van der Waals surface area contributed by atoms with Crippen molar-refractivity contribution in [2.75, 3.05) is 52.9 Å². The van der Waals surface area contributed by atoms with Crippen molar-refractivity contribution < 1.29 is 18.7 Å². The number of carbonyl (C=O) groups excluding carboxylic acids is 1. The molecule has 1 amide bonds. The van der Waals surface area contributed by atoms with E-state index < -0.39 is 5.82 Å². The monoisotopic (exact) mass is 298 g/mol. The standard InChI is InChI=1S/C15H23FN2O3/c1-17-14-12(6-4-7-13(14)16)15(19)18(9-11-21-3)8-5-10-20-2/h4,6-7,17H,5,8-11H2,1-3H3. The van der Waals surface area contributed by atoms with Crippen LogP contribution in [0.25, 0.3) is 0 Å². The Kier molecular flexibility index (Phi) is 7.71. The zero-order chi connectivity index (χ0) is 15.7. The molecule has 6 heteroatoms. The Morgan fingerprint density at radius 1 is 1.24 bits per heavy atom. The predicted octanol–water partition coefficient (Wildman–Crippen LogP) is 1.99. The van der Waals surface area contributed by atoms with E-state index in [9.17, 15) is 9.18 Å². The molecule has 5 nitrogen and oxygen atoms in total. The summed E-state index contributed by atoms with van der Waals surface area (Å²) in [5.41, 5.74) is 0.544. The second kappa shape index (κ2) is 9.31. The van der Waals surface area contributed by atoms with E-state index in [0.29, 0.717) is 31.9 Å². The van der Waals surface area contributed by atoms with Gasteiger partial charge in [-0.1, -0.05) is 6.07 Å². The zero-order valence-corrected chi connectivity index (χ0v) is 12.8. The van der Waals surface area contributed by atoms with Gasteiger partial charge in [0.1, 0.15) is 5.82 Å². The molecule has 0 aliphatic rings. The molecule has 0 atom stereocenters. The summed E-state index contributed by atoms with van der Waals surface area (Å²) in [5.74, 6) is -0.654. The normalized spacial score (nSPS) is 10.5. The first-order valence-corrected chi connectivity index (χ1v) is 6.89. The smallest absolute Gasteiger partial charge is 0.256 e. The number of benzene rings is 1. The average molecular weight is 298 g/mol. The number of para-hydroxylation sites is 1. The molecule has 1 aromatic carbocycles. The topological polar surface area (TPSA) is 50.8 Å². The van der Waals surface area contributed by atoms with Crippen LogP contribution in [0.1, 0.15) is 16.8 Å². The SMILES string of the molecule is CNc1c(F)cccc1C(=O)N(CCCOC)CCOC. The molecule has 0 aliphatic carbocycles. The van der Waals surface area contributed by atoms with Crippen molar-refractivity contribution in [2.45, 2.75) is 6.42 Å². The Morgan fingerprint density at radius 3 is 2.57 bits per heavy atom. The van der Waals surface area contributed by atoms with Gasteiger partial charge >= 0.3 is 0 Å². The summed E-state index contributed by atoms with van der Waals surface area (Å²) in [4.78, 5) is 14.3. The van der Waals surface area contributed by atoms with Crippen LogP contribution in [0.15, 0.2) is 18.2 Å². The van der Waals surface area contributed by atoms with Crippen molar-refractivity contribution in [2.24, 2.45) is 0 Å². The highest BCUT2D eigenvalue weighted by molar-refractivity contribution is 5.99. The molecule has 0 unspecified atom stereocenters. The first kappa shape index (κ1) is 17.4. The largest absolute Gasteiger partial charge is 0.385 e. The quantitative estimate of drug-likeness (QED) is 0.708. The van der Waals surface area contributed by atoms with Crippen LogP contribution < -0.4 is 5.32 Å². The first-order chi connectivity index (χ1) is 10.2. The molecule has 0 fully saturated rings. The molecule has 0 spiro atoms. The van der Waals surface area contributed by atoms with Crippen molar-refractivity contribution in [3.05, 3.63) is 29.6 Å². The van der Waals surface area contributed by atoms with E-state index in [0.717, 1.165) is 6.42 Å². The molecule has 0 saturated heterocycles. The highest BCUT2D eigenvalue weighted by Crippen LogP contribution is 2.21. The van der Waals surface area contributed by atoms with Crippen molar-refractivity contribution in [1.29, 1.82) is 0 Å². The van der Waals surface area contributed by atoms with Gasteiger partial charge in [-0.05, 0) is 18.6 Å². The number of nitrogens with zero attached hydrogens (tertiary/aromatic N) is 1. The molecule has 118 valence electrons. The van der Waals surface area contributed by atoms with Gasteiger partial charge in [-0.2, -0.15) is 0 Å². The number of nitrogens with one attached hydrogen (secondary N) is 1. The second-order valence-electron chi connectivity index (χ2n) is 4.54. The van der Waals surface area contributed by atoms with Crippen LogP contribution in [-0.4, -0.2) is 58.4 Å². The number of ether oxygens (including phenoxy) is 2. The van der Waals surface area contributed by atoms with Gasteiger partial charge in [-0.15, -0.1) is 0 Å². The Hall–Kier alpha value is -1.66. The maximum atomic E-state index is 13.8. The lowest BCUT2D eigenvalue weighted by Gasteiger charge is -2.23. The molecule has 0 saturated carbocycles. The van der Waals surface area contributed by atoms with E-state index in [1.165, 1.54) is 12.1 Å². The zero-order valence-electron chi connectivity index (χ0n) is 12.8. The fraction of sp³-hybridized carbons (Fsp3) is 0.533. The number of amides is 1. The summed E-state index contributed by atoms with van der Waals surface area (Å²) < 4.78 is 23.8. The van der Waals surface area contributed by atoms with Gasteiger partial charge in [0, 0.05) is 41.0 Å². The van der Waals surface area contributed by atoms with Gasteiger partial charge in [-0.3, -0.25) is 4.79 Å². The summed E-state index contributed by atoms with van der Waals surface area (Å²) >= 11 is 0. The van der Waals surface area contributed by atoms with Gasteiger partial charge in [0.2, 0.25) is 0 Å². The summed E-state index contributed by atoms with van der Waals surface area (Å²) in [6.45, 7) is 2.00. The van der Waals surface area contributed by atoms with E-state index in [4.69, 9.17) is 9.47 Å². The average Bonchev–Trinajstić information content (AvgIpc) is 2.49. The summed E-state index contributed by atoms with van der Waals surface area (Å²) in [6.07, 6.45) is 0.718. The highest BCUT2D eigenvalue weighted by atomic mass is 19.1. The fourth-order valence-electron chi connectivity index (χ4n) is 2.04. The molecule has 0 radical (unpaired) electrons. The Labute approximate surface area is 125 Å². The first-order valence-electron chi connectivity index (χ1n) is 6.89. The number of anilines is 1. The van der Waals surface area contributed by atoms with E-state index in [1.54, 1.807) is 32.2 Å². The summed E-state index contributed by atoms with van der Waals surface area (Å²) in [5, 5.41) is 2.74. The maximum absolute atomic E-state index is 13.8. The van der Waals surface area contributed by atoms with E-state index >= 15 is 0 Å². The molecular formula is C15H23FN2O3. The van der Waals surface area contributed by atoms with Crippen LogP contribution in [0.4, 0.5) is 10.1 Å². The number of methoxy groups -OCH3 is 2. The second-order valence-corrected chi connectivity index (χ2v) is 4.54. The van der Waals surface area contributed by atoms with E-state index in [1.807, 2.05) is 0 Å². The molecule has 1 rings (SSSR count). The van der Waals surface area contributed by atoms with Crippen molar-refractivity contribution in [1.82, 2.24) is 4.90 Å². The molecule has 1 N–H and O–H groups in total. The van der Waals surface area contributed by atoms with Gasteiger partial charge in [0.15, 0.2) is 0 Å². The minimum atomic E-state index is -0.438. The summed E-state index contributed by atoms with van der Waals surface area (Å²) in [6, 6.07) is 4.48.